The average Bonchev–Trinajstić information content (AvgIpc) is 2.35. The van der Waals surface area contributed by atoms with Gasteiger partial charge in [-0.25, -0.2) is 0 Å². The molecule has 0 rings (SSSR count). The molecule has 0 aromatic heterocycles. The third kappa shape index (κ3) is 13.7. The molecule has 0 saturated heterocycles. The monoisotopic (exact) mass is 238 g/mol. The van der Waals surface area contributed by atoms with E-state index >= 15 is 0 Å². The van der Waals surface area contributed by atoms with Crippen LogP contribution in [0.1, 0.15) is 90.9 Å². The van der Waals surface area contributed by atoms with Gasteiger partial charge >= 0.3 is 0 Å². The summed E-state index contributed by atoms with van der Waals surface area (Å²) in [5.41, 5.74) is 0. The lowest BCUT2D eigenvalue weighted by atomic mass is 9.99. The van der Waals surface area contributed by atoms with E-state index in [1.807, 2.05) is 6.08 Å². The van der Waals surface area contributed by atoms with Crippen LogP contribution in [0.15, 0.2) is 12.7 Å². The topological polar surface area (TPSA) is 0 Å². The molecule has 0 radical (unpaired) electrons. The Hall–Kier alpha value is -0.260. The molecule has 0 aliphatic rings. The Morgan fingerprint density at radius 3 is 1.76 bits per heavy atom. The van der Waals surface area contributed by atoms with E-state index < -0.39 is 0 Å². The first-order valence-electron chi connectivity index (χ1n) is 7.92. The molecule has 102 valence electrons. The lowest BCUT2D eigenvalue weighted by Gasteiger charge is -2.07. The molecule has 0 heterocycles. The van der Waals surface area contributed by atoms with Crippen LogP contribution in [-0.4, -0.2) is 0 Å². The zero-order chi connectivity index (χ0) is 12.8. The van der Waals surface area contributed by atoms with E-state index in [0.29, 0.717) is 0 Å². The Bertz CT molecular complexity index is 148. The summed E-state index contributed by atoms with van der Waals surface area (Å²) in [6, 6.07) is 0. The van der Waals surface area contributed by atoms with Crippen LogP contribution in [0.5, 0.6) is 0 Å². The summed E-state index contributed by atoms with van der Waals surface area (Å²) in [7, 11) is 0. The quantitative estimate of drug-likeness (QED) is 0.253. The van der Waals surface area contributed by atoms with Crippen molar-refractivity contribution in [3.8, 4) is 0 Å². The molecular formula is C17H34. The Balaban J connectivity index is 2.96. The minimum atomic E-state index is 0.944. The van der Waals surface area contributed by atoms with Gasteiger partial charge in [-0.15, -0.1) is 6.58 Å². The lowest BCUT2D eigenvalue weighted by molar-refractivity contribution is 0.469. The normalized spacial score (nSPS) is 12.6. The second-order valence-corrected chi connectivity index (χ2v) is 5.56. The van der Waals surface area contributed by atoms with Gasteiger partial charge in [0.05, 0.1) is 0 Å². The fraction of sp³-hybridized carbons (Fsp3) is 0.882. The van der Waals surface area contributed by atoms with Crippen molar-refractivity contribution in [2.24, 2.45) is 5.92 Å². The van der Waals surface area contributed by atoms with Gasteiger partial charge in [0, 0.05) is 0 Å². The average molecular weight is 238 g/mol. The second kappa shape index (κ2) is 13.8. The van der Waals surface area contributed by atoms with Crippen molar-refractivity contribution in [3.05, 3.63) is 12.7 Å². The Morgan fingerprint density at radius 1 is 0.824 bits per heavy atom. The summed E-state index contributed by atoms with van der Waals surface area (Å²) in [4.78, 5) is 0. The van der Waals surface area contributed by atoms with Crippen LogP contribution in [-0.2, 0) is 0 Å². The summed E-state index contributed by atoms with van der Waals surface area (Å²) in [6.45, 7) is 8.44. The summed E-state index contributed by atoms with van der Waals surface area (Å²) < 4.78 is 0. The Morgan fingerprint density at radius 2 is 1.29 bits per heavy atom. The van der Waals surface area contributed by atoms with Crippen LogP contribution in [0, 0.1) is 5.92 Å². The zero-order valence-electron chi connectivity index (χ0n) is 12.3. The predicted molar refractivity (Wildman–Crippen MR) is 80.4 cm³/mol. The summed E-state index contributed by atoms with van der Waals surface area (Å²) >= 11 is 0. The number of unbranched alkanes of at least 4 members (excludes halogenated alkanes) is 9. The molecule has 0 amide bonds. The molecule has 0 fully saturated rings. The third-order valence-corrected chi connectivity index (χ3v) is 3.80. The second-order valence-electron chi connectivity index (χ2n) is 5.56. The molecule has 0 aromatic carbocycles. The lowest BCUT2D eigenvalue weighted by Crippen LogP contribution is -1.91. The highest BCUT2D eigenvalue weighted by Gasteiger charge is 1.98. The molecule has 0 aromatic rings. The Kier molecular flexibility index (Phi) is 13.6. The van der Waals surface area contributed by atoms with Crippen LogP contribution in [0.25, 0.3) is 0 Å². The maximum Gasteiger partial charge on any atom is -0.0353 e. The maximum absolute atomic E-state index is 3.75. The van der Waals surface area contributed by atoms with Crippen molar-refractivity contribution in [2.45, 2.75) is 90.9 Å². The van der Waals surface area contributed by atoms with E-state index in [1.54, 1.807) is 0 Å². The molecule has 0 heteroatoms. The molecule has 0 N–H and O–H groups in total. The fourth-order valence-electron chi connectivity index (χ4n) is 2.22. The zero-order valence-corrected chi connectivity index (χ0v) is 12.3. The highest BCUT2D eigenvalue weighted by atomic mass is 14.0. The van der Waals surface area contributed by atoms with Gasteiger partial charge in [-0.05, 0) is 18.8 Å². The third-order valence-electron chi connectivity index (χ3n) is 3.80. The minimum Gasteiger partial charge on any atom is -0.103 e. The van der Waals surface area contributed by atoms with E-state index in [4.69, 9.17) is 0 Å². The van der Waals surface area contributed by atoms with Crippen molar-refractivity contribution < 1.29 is 0 Å². The summed E-state index contributed by atoms with van der Waals surface area (Å²) in [6.07, 6.45) is 19.0. The van der Waals surface area contributed by atoms with Gasteiger partial charge in [0.25, 0.3) is 0 Å². The van der Waals surface area contributed by atoms with Crippen LogP contribution in [0.4, 0.5) is 0 Å². The van der Waals surface area contributed by atoms with Crippen LogP contribution < -0.4 is 0 Å². The molecule has 1 unspecified atom stereocenters. The number of rotatable bonds is 13. The van der Waals surface area contributed by atoms with E-state index in [0.717, 1.165) is 5.92 Å². The van der Waals surface area contributed by atoms with Crippen molar-refractivity contribution in [2.75, 3.05) is 0 Å². The van der Waals surface area contributed by atoms with E-state index in [9.17, 15) is 0 Å². The van der Waals surface area contributed by atoms with Gasteiger partial charge in [0.15, 0.2) is 0 Å². The molecule has 0 aliphatic carbocycles. The minimum absolute atomic E-state index is 0.944. The molecular weight excluding hydrogens is 204 g/mol. The maximum atomic E-state index is 3.75. The SMILES string of the molecule is C=CCCCCCCCCCCCC(C)CC. The molecule has 1 atom stereocenters. The molecule has 0 nitrogen and oxygen atoms in total. The molecule has 0 bridgehead atoms. The molecule has 0 spiro atoms. The molecule has 17 heavy (non-hydrogen) atoms. The van der Waals surface area contributed by atoms with Gasteiger partial charge in [-0.1, -0.05) is 84.1 Å². The summed E-state index contributed by atoms with van der Waals surface area (Å²) in [5, 5.41) is 0. The largest absolute Gasteiger partial charge is 0.103 e. The van der Waals surface area contributed by atoms with Crippen molar-refractivity contribution in [3.63, 3.8) is 0 Å². The first-order chi connectivity index (χ1) is 8.31. The van der Waals surface area contributed by atoms with Gasteiger partial charge in [-0.3, -0.25) is 0 Å². The van der Waals surface area contributed by atoms with Crippen LogP contribution in [0.2, 0.25) is 0 Å². The first kappa shape index (κ1) is 16.7. The van der Waals surface area contributed by atoms with Crippen molar-refractivity contribution in [1.29, 1.82) is 0 Å². The number of hydrogen-bond donors (Lipinski definition) is 0. The standard InChI is InChI=1S/C17H34/c1-4-6-7-8-9-10-11-12-13-14-15-16-17(3)5-2/h4,17H,1,5-16H2,2-3H3. The highest BCUT2D eigenvalue weighted by Crippen LogP contribution is 2.15. The number of allylic oxidation sites excluding steroid dienone is 1. The molecule has 0 aliphatic heterocycles. The smallest absolute Gasteiger partial charge is 0.0353 e. The Labute approximate surface area is 110 Å². The van der Waals surface area contributed by atoms with Gasteiger partial charge in [0.2, 0.25) is 0 Å². The van der Waals surface area contributed by atoms with E-state index in [-0.39, 0.29) is 0 Å². The highest BCUT2D eigenvalue weighted by molar-refractivity contribution is 4.65. The van der Waals surface area contributed by atoms with Crippen molar-refractivity contribution >= 4 is 0 Å². The molecule has 0 saturated carbocycles. The van der Waals surface area contributed by atoms with Gasteiger partial charge < -0.3 is 0 Å². The van der Waals surface area contributed by atoms with Crippen LogP contribution in [0.3, 0.4) is 0 Å². The fourth-order valence-corrected chi connectivity index (χ4v) is 2.22. The van der Waals surface area contributed by atoms with Crippen LogP contribution >= 0.6 is 0 Å². The summed E-state index contributed by atoms with van der Waals surface area (Å²) in [5.74, 6) is 0.944. The van der Waals surface area contributed by atoms with E-state index in [2.05, 4.69) is 20.4 Å². The number of hydrogen-bond acceptors (Lipinski definition) is 0. The predicted octanol–water partition coefficient (Wildman–Crippen LogP) is 6.51. The van der Waals surface area contributed by atoms with Crippen molar-refractivity contribution in [1.82, 2.24) is 0 Å². The van der Waals surface area contributed by atoms with E-state index in [1.165, 1.54) is 77.0 Å². The first-order valence-corrected chi connectivity index (χ1v) is 7.92. The van der Waals surface area contributed by atoms with Gasteiger partial charge in [-0.2, -0.15) is 0 Å². The van der Waals surface area contributed by atoms with Gasteiger partial charge in [0.1, 0.15) is 0 Å².